The number of hydrogen-bond acceptors (Lipinski definition) is 2. The maximum absolute atomic E-state index is 4.26. The van der Waals surface area contributed by atoms with Crippen LogP contribution in [-0.4, -0.2) is 11.5 Å². The van der Waals surface area contributed by atoms with Crippen molar-refractivity contribution in [1.29, 1.82) is 0 Å². The minimum atomic E-state index is 0.826. The monoisotopic (exact) mass is 225 g/mol. The number of pyridine rings is 1. The second kappa shape index (κ2) is 6.81. The number of rotatable bonds is 6. The molecule has 0 aliphatic rings. The lowest BCUT2D eigenvalue weighted by atomic mass is 10.1. The van der Waals surface area contributed by atoms with Crippen molar-refractivity contribution in [3.63, 3.8) is 0 Å². The van der Waals surface area contributed by atoms with Gasteiger partial charge in [0, 0.05) is 12.7 Å². The molecule has 17 heavy (non-hydrogen) atoms. The van der Waals surface area contributed by atoms with E-state index in [-0.39, 0.29) is 0 Å². The van der Waals surface area contributed by atoms with Gasteiger partial charge in [0.1, 0.15) is 0 Å². The van der Waals surface area contributed by atoms with Crippen LogP contribution in [0.25, 0.3) is 0 Å². The normalized spacial score (nSPS) is 10.4. The third-order valence-electron chi connectivity index (χ3n) is 2.54. The van der Waals surface area contributed by atoms with Crippen LogP contribution < -0.4 is 5.32 Å². The molecule has 2 nitrogen and oxygen atoms in total. The largest absolute Gasteiger partial charge is 0.311 e. The molecule has 0 amide bonds. The van der Waals surface area contributed by atoms with Crippen LogP contribution in [-0.2, 0) is 13.0 Å². The van der Waals surface area contributed by atoms with Crippen molar-refractivity contribution in [3.8, 4) is 0 Å². The predicted molar refractivity (Wildman–Crippen MR) is 70.4 cm³/mol. The summed E-state index contributed by atoms with van der Waals surface area (Å²) in [6.45, 7) is 1.73. The molecule has 0 saturated heterocycles. The Morgan fingerprint density at radius 2 is 1.82 bits per heavy atom. The molecule has 0 saturated carbocycles. The van der Waals surface area contributed by atoms with E-state index >= 15 is 0 Å². The Hall–Kier alpha value is -1.67. The molecule has 2 heteroatoms. The van der Waals surface area contributed by atoms with Crippen LogP contribution in [0, 0.1) is 6.42 Å². The predicted octanol–water partition coefficient (Wildman–Crippen LogP) is 2.62. The Labute approximate surface area is 103 Å². The molecule has 2 rings (SSSR count). The van der Waals surface area contributed by atoms with Crippen molar-refractivity contribution in [2.45, 2.75) is 13.0 Å². The molecule has 0 aliphatic heterocycles. The molecular formula is C15H17N2. The van der Waals surface area contributed by atoms with Crippen LogP contribution in [0.15, 0.2) is 54.7 Å². The fourth-order valence-corrected chi connectivity index (χ4v) is 1.66. The molecule has 0 unspecified atom stereocenters. The minimum Gasteiger partial charge on any atom is -0.311 e. The van der Waals surface area contributed by atoms with Gasteiger partial charge in [0.15, 0.2) is 0 Å². The van der Waals surface area contributed by atoms with Gasteiger partial charge in [-0.1, -0.05) is 36.4 Å². The molecule has 0 aliphatic carbocycles. The number of aromatic nitrogens is 1. The Kier molecular flexibility index (Phi) is 4.73. The zero-order chi connectivity index (χ0) is 11.8. The van der Waals surface area contributed by atoms with E-state index in [4.69, 9.17) is 0 Å². The van der Waals surface area contributed by atoms with Crippen LogP contribution in [0.4, 0.5) is 0 Å². The topological polar surface area (TPSA) is 24.9 Å². The van der Waals surface area contributed by atoms with Gasteiger partial charge in [0.25, 0.3) is 0 Å². The zero-order valence-electron chi connectivity index (χ0n) is 9.84. The maximum Gasteiger partial charge on any atom is 0.0541 e. The van der Waals surface area contributed by atoms with Gasteiger partial charge in [-0.2, -0.15) is 0 Å². The first-order valence-electron chi connectivity index (χ1n) is 5.91. The summed E-state index contributed by atoms with van der Waals surface area (Å²) in [5.74, 6) is 0. The number of nitrogens with zero attached hydrogens (tertiary/aromatic N) is 1. The Balaban J connectivity index is 1.61. The highest BCUT2D eigenvalue weighted by molar-refractivity contribution is 5.16. The van der Waals surface area contributed by atoms with Crippen LogP contribution >= 0.6 is 0 Å². The van der Waals surface area contributed by atoms with Crippen LogP contribution in [0.5, 0.6) is 0 Å². The van der Waals surface area contributed by atoms with Gasteiger partial charge in [-0.25, -0.2) is 0 Å². The second-order valence-corrected chi connectivity index (χ2v) is 3.93. The quantitative estimate of drug-likeness (QED) is 0.764. The molecule has 0 fully saturated rings. The first-order valence-corrected chi connectivity index (χ1v) is 5.91. The molecule has 1 heterocycles. The summed E-state index contributed by atoms with van der Waals surface area (Å²) in [5, 5.41) is 3.35. The third-order valence-corrected chi connectivity index (χ3v) is 2.54. The summed E-state index contributed by atoms with van der Waals surface area (Å²) in [7, 11) is 0. The molecule has 2 aromatic rings. The number of nitrogens with one attached hydrogen (secondary N) is 1. The average molecular weight is 225 g/mol. The third kappa shape index (κ3) is 4.37. The first-order chi connectivity index (χ1) is 8.45. The van der Waals surface area contributed by atoms with Gasteiger partial charge >= 0.3 is 0 Å². The SMILES string of the molecule is [CH](CNCc1ccccn1)Cc1ccccc1. The van der Waals surface area contributed by atoms with E-state index < -0.39 is 0 Å². The van der Waals surface area contributed by atoms with Crippen molar-refractivity contribution < 1.29 is 0 Å². The summed E-state index contributed by atoms with van der Waals surface area (Å²) >= 11 is 0. The summed E-state index contributed by atoms with van der Waals surface area (Å²) in [6, 6.07) is 16.5. The lowest BCUT2D eigenvalue weighted by molar-refractivity contribution is 0.710. The van der Waals surface area contributed by atoms with Gasteiger partial charge < -0.3 is 5.32 Å². The molecule has 0 atom stereocenters. The summed E-state index contributed by atoms with van der Waals surface area (Å²) in [4.78, 5) is 4.26. The van der Waals surface area contributed by atoms with E-state index in [1.165, 1.54) is 5.56 Å². The van der Waals surface area contributed by atoms with Gasteiger partial charge in [0.05, 0.1) is 5.69 Å². The van der Waals surface area contributed by atoms with Gasteiger partial charge in [-0.05, 0) is 37.1 Å². The Bertz CT molecular complexity index is 370. The van der Waals surface area contributed by atoms with Crippen molar-refractivity contribution in [2.24, 2.45) is 0 Å². The lowest BCUT2D eigenvalue weighted by Crippen LogP contribution is -2.16. The fraction of sp³-hybridized carbons (Fsp3) is 0.200. The van der Waals surface area contributed by atoms with E-state index in [9.17, 15) is 0 Å². The van der Waals surface area contributed by atoms with Crippen LogP contribution in [0.2, 0.25) is 0 Å². The summed E-state index contributed by atoms with van der Waals surface area (Å²) in [5.41, 5.74) is 2.44. The highest BCUT2D eigenvalue weighted by Gasteiger charge is 1.94. The van der Waals surface area contributed by atoms with Crippen molar-refractivity contribution in [1.82, 2.24) is 10.3 Å². The first kappa shape index (κ1) is 11.8. The van der Waals surface area contributed by atoms with E-state index in [0.717, 1.165) is 25.2 Å². The van der Waals surface area contributed by atoms with Gasteiger partial charge in [0.2, 0.25) is 0 Å². The van der Waals surface area contributed by atoms with Crippen molar-refractivity contribution in [2.75, 3.05) is 6.54 Å². The Morgan fingerprint density at radius 1 is 1.00 bits per heavy atom. The molecule has 1 aromatic heterocycles. The highest BCUT2D eigenvalue weighted by atomic mass is 14.9. The molecule has 1 aromatic carbocycles. The number of hydrogen-bond donors (Lipinski definition) is 1. The lowest BCUT2D eigenvalue weighted by Gasteiger charge is -2.04. The standard InChI is InChI=1S/C15H17N2/c1-2-7-14(8-3-1)9-6-11-16-13-15-10-4-5-12-17-15/h1-8,10,12,16H,9,11,13H2. The Morgan fingerprint density at radius 3 is 2.59 bits per heavy atom. The van der Waals surface area contributed by atoms with Crippen LogP contribution in [0.3, 0.4) is 0 Å². The summed E-state index contributed by atoms with van der Waals surface area (Å²) in [6.07, 6.45) is 5.08. The van der Waals surface area contributed by atoms with Gasteiger partial charge in [-0.15, -0.1) is 0 Å². The molecule has 1 radical (unpaired) electrons. The summed E-state index contributed by atoms with van der Waals surface area (Å²) < 4.78 is 0. The van der Waals surface area contributed by atoms with Crippen molar-refractivity contribution in [3.05, 3.63) is 72.4 Å². The molecule has 87 valence electrons. The zero-order valence-corrected chi connectivity index (χ0v) is 9.84. The second-order valence-electron chi connectivity index (χ2n) is 3.93. The molecular weight excluding hydrogens is 208 g/mol. The van der Waals surface area contributed by atoms with E-state index in [1.54, 1.807) is 0 Å². The van der Waals surface area contributed by atoms with Crippen molar-refractivity contribution >= 4 is 0 Å². The van der Waals surface area contributed by atoms with E-state index in [1.807, 2.05) is 30.5 Å². The van der Waals surface area contributed by atoms with Crippen LogP contribution in [0.1, 0.15) is 11.3 Å². The van der Waals surface area contributed by atoms with E-state index in [2.05, 4.69) is 41.0 Å². The molecule has 1 N–H and O–H groups in total. The minimum absolute atomic E-state index is 0.826. The molecule has 0 spiro atoms. The smallest absolute Gasteiger partial charge is 0.0541 e. The average Bonchev–Trinajstić information content (AvgIpc) is 2.41. The fourth-order valence-electron chi connectivity index (χ4n) is 1.66. The maximum atomic E-state index is 4.26. The highest BCUT2D eigenvalue weighted by Crippen LogP contribution is 2.01. The number of benzene rings is 1. The molecule has 0 bridgehead atoms. The van der Waals surface area contributed by atoms with Gasteiger partial charge in [-0.3, -0.25) is 4.98 Å². The van der Waals surface area contributed by atoms with E-state index in [0.29, 0.717) is 0 Å².